The highest BCUT2D eigenvalue weighted by atomic mass is 16.2. The second kappa shape index (κ2) is 7.26. The summed E-state index contributed by atoms with van der Waals surface area (Å²) in [5.74, 6) is 0.818. The predicted molar refractivity (Wildman–Crippen MR) is 96.2 cm³/mol. The molecule has 0 spiro atoms. The van der Waals surface area contributed by atoms with Crippen molar-refractivity contribution in [2.75, 3.05) is 26.7 Å². The first-order valence-corrected chi connectivity index (χ1v) is 9.51. The number of fused-ring (bicyclic) bond motifs is 1. The number of carbonyl (C=O) groups is 1. The molecule has 1 aliphatic heterocycles. The van der Waals surface area contributed by atoms with Crippen LogP contribution < -0.4 is 0 Å². The van der Waals surface area contributed by atoms with E-state index in [1.165, 1.54) is 17.7 Å². The SMILES string of the molecule is CC(C)CN(C)[C@@H]1CCc2c(c(C(=O)N3CCCCC3)nn2C)C1. The molecule has 24 heavy (non-hydrogen) atoms. The molecule has 1 saturated heterocycles. The van der Waals surface area contributed by atoms with E-state index in [9.17, 15) is 4.79 Å². The average Bonchev–Trinajstić information content (AvgIpc) is 2.91. The highest BCUT2D eigenvalue weighted by Gasteiger charge is 2.32. The summed E-state index contributed by atoms with van der Waals surface area (Å²) < 4.78 is 1.95. The van der Waals surface area contributed by atoms with E-state index in [2.05, 4.69) is 30.9 Å². The van der Waals surface area contributed by atoms with Gasteiger partial charge in [0.1, 0.15) is 0 Å². The average molecular weight is 332 g/mol. The Morgan fingerprint density at radius 2 is 2.00 bits per heavy atom. The zero-order chi connectivity index (χ0) is 17.3. The third-order valence-electron chi connectivity index (χ3n) is 5.55. The molecule has 0 saturated carbocycles. The number of likely N-dealkylation sites (tertiary alicyclic amines) is 1. The van der Waals surface area contributed by atoms with Gasteiger partial charge in [-0.15, -0.1) is 0 Å². The van der Waals surface area contributed by atoms with Crippen molar-refractivity contribution in [3.8, 4) is 0 Å². The molecule has 1 aromatic rings. The van der Waals surface area contributed by atoms with Crippen LogP contribution >= 0.6 is 0 Å². The van der Waals surface area contributed by atoms with Crippen LogP contribution in [0.25, 0.3) is 0 Å². The fourth-order valence-corrected chi connectivity index (χ4v) is 4.29. The Labute approximate surface area is 146 Å². The molecule has 1 atom stereocenters. The molecule has 1 aliphatic carbocycles. The molecule has 0 bridgehead atoms. The third-order valence-corrected chi connectivity index (χ3v) is 5.55. The van der Waals surface area contributed by atoms with Gasteiger partial charge in [-0.25, -0.2) is 0 Å². The molecule has 134 valence electrons. The number of piperidine rings is 1. The first-order chi connectivity index (χ1) is 11.5. The smallest absolute Gasteiger partial charge is 0.274 e. The van der Waals surface area contributed by atoms with Gasteiger partial charge in [-0.05, 0) is 51.5 Å². The molecule has 5 heteroatoms. The van der Waals surface area contributed by atoms with Crippen LogP contribution in [0.2, 0.25) is 0 Å². The molecule has 0 radical (unpaired) electrons. The van der Waals surface area contributed by atoms with E-state index in [0.29, 0.717) is 12.0 Å². The molecule has 2 heterocycles. The van der Waals surface area contributed by atoms with Crippen molar-refractivity contribution < 1.29 is 4.79 Å². The summed E-state index contributed by atoms with van der Waals surface area (Å²) in [4.78, 5) is 17.5. The number of aromatic nitrogens is 2. The number of nitrogens with zero attached hydrogens (tertiary/aromatic N) is 4. The first kappa shape index (κ1) is 17.5. The maximum atomic E-state index is 13.0. The van der Waals surface area contributed by atoms with Crippen LogP contribution in [0.4, 0.5) is 0 Å². The van der Waals surface area contributed by atoms with Crippen LogP contribution in [0.3, 0.4) is 0 Å². The topological polar surface area (TPSA) is 41.4 Å². The Morgan fingerprint density at radius 3 is 2.67 bits per heavy atom. The quantitative estimate of drug-likeness (QED) is 0.851. The van der Waals surface area contributed by atoms with Crippen molar-refractivity contribution >= 4 is 5.91 Å². The summed E-state index contributed by atoms with van der Waals surface area (Å²) >= 11 is 0. The molecule has 1 fully saturated rings. The monoisotopic (exact) mass is 332 g/mol. The summed E-state index contributed by atoms with van der Waals surface area (Å²) in [6, 6.07) is 0.525. The van der Waals surface area contributed by atoms with Gasteiger partial charge in [-0.1, -0.05) is 13.8 Å². The lowest BCUT2D eigenvalue weighted by atomic mass is 9.90. The van der Waals surface area contributed by atoms with Gasteiger partial charge < -0.3 is 9.80 Å². The summed E-state index contributed by atoms with van der Waals surface area (Å²) in [7, 11) is 4.21. The van der Waals surface area contributed by atoms with Crippen LogP contribution in [0.1, 0.15) is 61.3 Å². The zero-order valence-corrected chi connectivity index (χ0v) is 15.7. The number of hydrogen-bond donors (Lipinski definition) is 0. The Bertz CT molecular complexity index is 586. The van der Waals surface area contributed by atoms with Crippen molar-refractivity contribution in [3.05, 3.63) is 17.0 Å². The molecule has 2 aliphatic rings. The summed E-state index contributed by atoms with van der Waals surface area (Å²) in [6.45, 7) is 7.41. The summed E-state index contributed by atoms with van der Waals surface area (Å²) in [5.41, 5.74) is 3.20. The minimum atomic E-state index is 0.152. The van der Waals surface area contributed by atoms with Gasteiger partial charge in [0.2, 0.25) is 0 Å². The van der Waals surface area contributed by atoms with Gasteiger partial charge in [0.15, 0.2) is 5.69 Å². The van der Waals surface area contributed by atoms with Crippen LogP contribution in [-0.4, -0.2) is 58.2 Å². The van der Waals surface area contributed by atoms with Crippen LogP contribution in [0, 0.1) is 5.92 Å². The number of hydrogen-bond acceptors (Lipinski definition) is 3. The van der Waals surface area contributed by atoms with E-state index in [0.717, 1.165) is 57.4 Å². The van der Waals surface area contributed by atoms with Crippen molar-refractivity contribution in [3.63, 3.8) is 0 Å². The Hall–Kier alpha value is -1.36. The molecule has 1 aromatic heterocycles. The fourth-order valence-electron chi connectivity index (χ4n) is 4.29. The number of likely N-dealkylation sites (N-methyl/N-ethyl adjacent to an activating group) is 1. The first-order valence-electron chi connectivity index (χ1n) is 9.51. The lowest BCUT2D eigenvalue weighted by Crippen LogP contribution is -2.40. The van der Waals surface area contributed by atoms with E-state index >= 15 is 0 Å². The lowest BCUT2D eigenvalue weighted by Gasteiger charge is -2.33. The van der Waals surface area contributed by atoms with Crippen molar-refractivity contribution in [2.24, 2.45) is 13.0 Å². The molecule has 5 nitrogen and oxygen atoms in total. The van der Waals surface area contributed by atoms with E-state index in [-0.39, 0.29) is 5.91 Å². The zero-order valence-electron chi connectivity index (χ0n) is 15.7. The van der Waals surface area contributed by atoms with Crippen molar-refractivity contribution in [1.82, 2.24) is 19.6 Å². The minimum absolute atomic E-state index is 0.152. The van der Waals surface area contributed by atoms with E-state index < -0.39 is 0 Å². The molecular weight excluding hydrogens is 300 g/mol. The fraction of sp³-hybridized carbons (Fsp3) is 0.789. The summed E-state index contributed by atoms with van der Waals surface area (Å²) in [6.07, 6.45) is 6.64. The number of amides is 1. The van der Waals surface area contributed by atoms with Crippen LogP contribution in [0.5, 0.6) is 0 Å². The second-order valence-electron chi connectivity index (χ2n) is 7.98. The van der Waals surface area contributed by atoms with Gasteiger partial charge in [-0.3, -0.25) is 9.48 Å². The largest absolute Gasteiger partial charge is 0.337 e. The van der Waals surface area contributed by atoms with Gasteiger partial charge in [0.25, 0.3) is 5.91 Å². The molecule has 0 aromatic carbocycles. The highest BCUT2D eigenvalue weighted by Crippen LogP contribution is 2.28. The minimum Gasteiger partial charge on any atom is -0.337 e. The van der Waals surface area contributed by atoms with Crippen LogP contribution in [0.15, 0.2) is 0 Å². The van der Waals surface area contributed by atoms with E-state index in [1.807, 2.05) is 16.6 Å². The van der Waals surface area contributed by atoms with E-state index in [4.69, 9.17) is 0 Å². The number of rotatable bonds is 4. The van der Waals surface area contributed by atoms with Gasteiger partial charge in [-0.2, -0.15) is 5.10 Å². The van der Waals surface area contributed by atoms with Crippen molar-refractivity contribution in [2.45, 2.75) is 58.4 Å². The molecule has 3 rings (SSSR count). The normalized spacial score (nSPS) is 21.4. The molecular formula is C19H32N4O. The van der Waals surface area contributed by atoms with Gasteiger partial charge in [0, 0.05) is 44.0 Å². The Morgan fingerprint density at radius 1 is 1.29 bits per heavy atom. The highest BCUT2D eigenvalue weighted by molar-refractivity contribution is 5.94. The van der Waals surface area contributed by atoms with Gasteiger partial charge >= 0.3 is 0 Å². The van der Waals surface area contributed by atoms with Crippen molar-refractivity contribution in [1.29, 1.82) is 0 Å². The van der Waals surface area contributed by atoms with Crippen LogP contribution in [-0.2, 0) is 19.9 Å². The number of carbonyl (C=O) groups excluding carboxylic acids is 1. The molecule has 0 N–H and O–H groups in total. The van der Waals surface area contributed by atoms with E-state index in [1.54, 1.807) is 0 Å². The Kier molecular flexibility index (Phi) is 5.28. The summed E-state index contributed by atoms with van der Waals surface area (Å²) in [5, 5.41) is 4.63. The maximum Gasteiger partial charge on any atom is 0.274 e. The van der Waals surface area contributed by atoms with Gasteiger partial charge in [0.05, 0.1) is 0 Å². The second-order valence-corrected chi connectivity index (χ2v) is 7.98. The molecule has 1 amide bonds. The Balaban J connectivity index is 1.80. The third kappa shape index (κ3) is 3.51. The maximum absolute atomic E-state index is 13.0. The molecule has 0 unspecified atom stereocenters. The number of aryl methyl sites for hydroxylation is 1. The predicted octanol–water partition coefficient (Wildman–Crippen LogP) is 2.49. The standard InChI is InChI=1S/C19H32N4O/c1-14(2)13-21(3)15-8-9-17-16(12-15)18(20-22(17)4)19(24)23-10-6-5-7-11-23/h14-15H,5-13H2,1-4H3/t15-/m1/s1. The lowest BCUT2D eigenvalue weighted by molar-refractivity contribution is 0.0715.